The number of nitrogens with zero attached hydrogens (tertiary/aromatic N) is 5. The van der Waals surface area contributed by atoms with Crippen LogP contribution in [0, 0.1) is 12.7 Å². The summed E-state index contributed by atoms with van der Waals surface area (Å²) in [6, 6.07) is 3.60. The van der Waals surface area contributed by atoms with E-state index in [4.69, 9.17) is 9.72 Å². The Labute approximate surface area is 171 Å². The van der Waals surface area contributed by atoms with Gasteiger partial charge in [0.1, 0.15) is 12.1 Å². The van der Waals surface area contributed by atoms with Gasteiger partial charge in [0.05, 0.1) is 24.0 Å². The highest BCUT2D eigenvalue weighted by molar-refractivity contribution is 5.99. The average Bonchev–Trinajstić information content (AvgIpc) is 3.30. The van der Waals surface area contributed by atoms with E-state index in [0.717, 1.165) is 12.8 Å². The third kappa shape index (κ3) is 3.18. The maximum absolute atomic E-state index is 15.1. The Morgan fingerprint density at radius 1 is 1.20 bits per heavy atom. The van der Waals surface area contributed by atoms with E-state index >= 15 is 4.39 Å². The van der Waals surface area contributed by atoms with Gasteiger partial charge in [-0.05, 0) is 31.4 Å². The first-order valence-electron chi connectivity index (χ1n) is 9.78. The summed E-state index contributed by atoms with van der Waals surface area (Å²) in [6.45, 7) is 3.22. The second kappa shape index (κ2) is 7.45. The van der Waals surface area contributed by atoms with Crippen molar-refractivity contribution >= 4 is 17.5 Å². The summed E-state index contributed by atoms with van der Waals surface area (Å²) in [5.41, 5.74) is 1.96. The summed E-state index contributed by atoms with van der Waals surface area (Å²) in [4.78, 5) is 27.4. The molecule has 0 atom stereocenters. The van der Waals surface area contributed by atoms with Crippen LogP contribution in [0.2, 0.25) is 0 Å². The van der Waals surface area contributed by atoms with Crippen molar-refractivity contribution in [3.8, 4) is 22.6 Å². The first kappa shape index (κ1) is 18.6. The Morgan fingerprint density at radius 2 is 2.00 bits per heavy atom. The van der Waals surface area contributed by atoms with Gasteiger partial charge in [0.25, 0.3) is 0 Å². The molecule has 2 aliphatic rings. The average molecular weight is 409 g/mol. The maximum atomic E-state index is 15.1. The van der Waals surface area contributed by atoms with Crippen molar-refractivity contribution in [2.75, 3.05) is 30.0 Å². The minimum Gasteiger partial charge on any atom is -0.381 e. The fourth-order valence-corrected chi connectivity index (χ4v) is 3.98. The number of hydrogen-bond donors (Lipinski definition) is 2. The molecule has 2 aromatic heterocycles. The number of rotatable bonds is 3. The van der Waals surface area contributed by atoms with E-state index in [1.165, 1.54) is 6.33 Å². The fraction of sp³-hybridized carbons (Fsp3) is 0.350. The number of fused-ring (bicyclic) bond motifs is 1. The van der Waals surface area contributed by atoms with Crippen LogP contribution in [-0.4, -0.2) is 56.9 Å². The predicted molar refractivity (Wildman–Crippen MR) is 107 cm³/mol. The smallest absolute Gasteiger partial charge is 0.245 e. The van der Waals surface area contributed by atoms with Crippen LogP contribution in [0.15, 0.2) is 24.7 Å². The normalized spacial score (nSPS) is 17.0. The van der Waals surface area contributed by atoms with Crippen LogP contribution in [0.3, 0.4) is 0 Å². The van der Waals surface area contributed by atoms with Crippen molar-refractivity contribution in [3.05, 3.63) is 36.0 Å². The highest BCUT2D eigenvalue weighted by Gasteiger charge is 2.31. The molecule has 5 rings (SSSR count). The molecule has 1 amide bonds. The number of anilines is 2. The Hall–Kier alpha value is -3.40. The van der Waals surface area contributed by atoms with Gasteiger partial charge in [-0.3, -0.25) is 9.89 Å². The molecule has 2 aliphatic heterocycles. The van der Waals surface area contributed by atoms with Crippen molar-refractivity contribution in [2.45, 2.75) is 25.8 Å². The summed E-state index contributed by atoms with van der Waals surface area (Å²) in [5, 5.41) is 9.25. The van der Waals surface area contributed by atoms with Crippen LogP contribution < -0.4 is 10.2 Å². The van der Waals surface area contributed by atoms with Crippen molar-refractivity contribution < 1.29 is 13.9 Å². The molecule has 0 spiro atoms. The van der Waals surface area contributed by atoms with Crippen LogP contribution in [0.1, 0.15) is 18.4 Å². The monoisotopic (exact) mass is 409 g/mol. The standard InChI is InChI=1S/C20H20FN7O2/c1-11-13(2-3-14(17(11)21)18-23-10-24-27-18)15-8-22-19-20(25-15)28(9-16(29)26-19)12-4-6-30-7-5-12/h2-3,8,10,12H,4-7,9H2,1H3,(H,22,26,29)(H,23,24,27). The van der Waals surface area contributed by atoms with Gasteiger partial charge in [0.2, 0.25) is 5.91 Å². The van der Waals surface area contributed by atoms with Gasteiger partial charge >= 0.3 is 0 Å². The van der Waals surface area contributed by atoms with Gasteiger partial charge in [0, 0.05) is 24.8 Å². The number of hydrogen-bond acceptors (Lipinski definition) is 7. The number of nitrogens with one attached hydrogen (secondary N) is 2. The molecule has 1 saturated heterocycles. The summed E-state index contributed by atoms with van der Waals surface area (Å²) >= 11 is 0. The zero-order chi connectivity index (χ0) is 20.7. The summed E-state index contributed by atoms with van der Waals surface area (Å²) in [5.74, 6) is 0.899. The van der Waals surface area contributed by atoms with Crippen LogP contribution in [0.4, 0.5) is 16.0 Å². The Balaban J connectivity index is 1.55. The summed E-state index contributed by atoms with van der Waals surface area (Å²) in [7, 11) is 0. The van der Waals surface area contributed by atoms with Crippen molar-refractivity contribution in [2.24, 2.45) is 0 Å². The number of carbonyl (C=O) groups is 1. The maximum Gasteiger partial charge on any atom is 0.245 e. The third-order valence-electron chi connectivity index (χ3n) is 5.56. The van der Waals surface area contributed by atoms with Gasteiger partial charge < -0.3 is 15.0 Å². The zero-order valence-electron chi connectivity index (χ0n) is 16.4. The molecular weight excluding hydrogens is 389 g/mol. The number of benzene rings is 1. The van der Waals surface area contributed by atoms with Gasteiger partial charge in [-0.2, -0.15) is 5.10 Å². The number of H-pyrrole nitrogens is 1. The molecule has 0 unspecified atom stereocenters. The van der Waals surface area contributed by atoms with Crippen molar-refractivity contribution in [3.63, 3.8) is 0 Å². The molecule has 0 radical (unpaired) electrons. The molecule has 1 aromatic carbocycles. The second-order valence-corrected chi connectivity index (χ2v) is 7.38. The molecule has 10 heteroatoms. The molecule has 4 heterocycles. The Kier molecular flexibility index (Phi) is 4.62. The number of ether oxygens (including phenoxy) is 1. The molecule has 154 valence electrons. The number of amides is 1. The van der Waals surface area contributed by atoms with E-state index in [1.807, 2.05) is 4.90 Å². The third-order valence-corrected chi connectivity index (χ3v) is 5.56. The van der Waals surface area contributed by atoms with E-state index < -0.39 is 5.82 Å². The lowest BCUT2D eigenvalue weighted by Crippen LogP contribution is -2.47. The van der Waals surface area contributed by atoms with Gasteiger partial charge in [-0.1, -0.05) is 6.07 Å². The lowest BCUT2D eigenvalue weighted by atomic mass is 10.0. The van der Waals surface area contributed by atoms with Crippen LogP contribution in [0.5, 0.6) is 0 Å². The SMILES string of the molecule is Cc1c(-c2cnc3c(n2)N(C2CCOCC2)CC(=O)N3)ccc(-c2ncn[nH]2)c1F. The van der Waals surface area contributed by atoms with Gasteiger partial charge in [-0.15, -0.1) is 0 Å². The van der Waals surface area contributed by atoms with E-state index in [0.29, 0.717) is 53.1 Å². The van der Waals surface area contributed by atoms with Crippen LogP contribution in [0.25, 0.3) is 22.6 Å². The summed E-state index contributed by atoms with van der Waals surface area (Å²) < 4.78 is 20.5. The molecule has 2 N–H and O–H groups in total. The highest BCUT2D eigenvalue weighted by Crippen LogP contribution is 2.34. The van der Waals surface area contributed by atoms with Gasteiger partial charge in [-0.25, -0.2) is 19.3 Å². The molecule has 0 bridgehead atoms. The lowest BCUT2D eigenvalue weighted by Gasteiger charge is -2.37. The molecule has 1 fully saturated rings. The lowest BCUT2D eigenvalue weighted by molar-refractivity contribution is -0.115. The first-order chi connectivity index (χ1) is 14.6. The minimum atomic E-state index is -0.390. The van der Waals surface area contributed by atoms with E-state index in [2.05, 4.69) is 25.5 Å². The zero-order valence-corrected chi connectivity index (χ0v) is 16.4. The molecule has 9 nitrogen and oxygen atoms in total. The number of aromatic nitrogens is 5. The Morgan fingerprint density at radius 3 is 2.77 bits per heavy atom. The molecule has 0 aliphatic carbocycles. The molecular formula is C20H20FN7O2. The van der Waals surface area contributed by atoms with Crippen molar-refractivity contribution in [1.29, 1.82) is 0 Å². The molecule has 30 heavy (non-hydrogen) atoms. The van der Waals surface area contributed by atoms with E-state index in [-0.39, 0.29) is 18.5 Å². The molecule has 3 aromatic rings. The van der Waals surface area contributed by atoms with E-state index in [1.54, 1.807) is 25.3 Å². The van der Waals surface area contributed by atoms with E-state index in [9.17, 15) is 4.79 Å². The fourth-order valence-electron chi connectivity index (χ4n) is 3.98. The number of halogens is 1. The minimum absolute atomic E-state index is 0.116. The first-order valence-corrected chi connectivity index (χ1v) is 9.78. The Bertz CT molecular complexity index is 1100. The van der Waals surface area contributed by atoms with Crippen molar-refractivity contribution in [1.82, 2.24) is 25.1 Å². The molecule has 0 saturated carbocycles. The topological polar surface area (TPSA) is 109 Å². The highest BCUT2D eigenvalue weighted by atomic mass is 19.1. The van der Waals surface area contributed by atoms with Gasteiger partial charge in [0.15, 0.2) is 17.5 Å². The quantitative estimate of drug-likeness (QED) is 0.683. The number of aromatic amines is 1. The second-order valence-electron chi connectivity index (χ2n) is 7.38. The van der Waals surface area contributed by atoms with Crippen LogP contribution in [-0.2, 0) is 9.53 Å². The number of carbonyl (C=O) groups excluding carboxylic acids is 1. The summed E-state index contributed by atoms with van der Waals surface area (Å²) in [6.07, 6.45) is 4.53. The largest absolute Gasteiger partial charge is 0.381 e. The van der Waals surface area contributed by atoms with Crippen LogP contribution >= 0.6 is 0 Å². The predicted octanol–water partition coefficient (Wildman–Crippen LogP) is 2.31.